The zero-order chi connectivity index (χ0) is 10.8. The fourth-order valence-electron chi connectivity index (χ4n) is 2.50. The molecule has 15 heavy (non-hydrogen) atoms. The quantitative estimate of drug-likeness (QED) is 0.884. The van der Waals surface area contributed by atoms with Crippen molar-refractivity contribution in [3.63, 3.8) is 0 Å². The van der Waals surface area contributed by atoms with E-state index in [9.17, 15) is 0 Å². The minimum Gasteiger partial charge on any atom is -0.314 e. The van der Waals surface area contributed by atoms with E-state index in [1.165, 1.54) is 16.5 Å². The highest BCUT2D eigenvalue weighted by Gasteiger charge is 2.37. The molecule has 0 heterocycles. The van der Waals surface area contributed by atoms with Crippen LogP contribution in [0.15, 0.2) is 28.7 Å². The van der Waals surface area contributed by atoms with E-state index in [1.807, 2.05) is 0 Å². The van der Waals surface area contributed by atoms with Crippen molar-refractivity contribution in [1.29, 1.82) is 0 Å². The van der Waals surface area contributed by atoms with E-state index in [-0.39, 0.29) is 0 Å². The third-order valence-electron chi connectivity index (χ3n) is 3.52. The average molecular weight is 268 g/mol. The van der Waals surface area contributed by atoms with Gasteiger partial charge in [-0.25, -0.2) is 0 Å². The fraction of sp³-hybridized carbons (Fsp3) is 0.538. The molecule has 0 saturated heterocycles. The molecule has 0 aliphatic heterocycles. The third kappa shape index (κ3) is 2.26. The van der Waals surface area contributed by atoms with Crippen LogP contribution in [0.4, 0.5) is 0 Å². The number of benzene rings is 1. The van der Waals surface area contributed by atoms with E-state index in [0.29, 0.717) is 0 Å². The lowest BCUT2D eigenvalue weighted by molar-refractivity contribution is 0.187. The lowest BCUT2D eigenvalue weighted by Gasteiger charge is -2.43. The van der Waals surface area contributed by atoms with Crippen molar-refractivity contribution in [3.8, 4) is 0 Å². The number of hydrogen-bond donors (Lipinski definition) is 1. The van der Waals surface area contributed by atoms with Crippen LogP contribution in [0.3, 0.4) is 0 Å². The molecule has 1 fully saturated rings. The van der Waals surface area contributed by atoms with E-state index in [0.717, 1.165) is 24.4 Å². The maximum atomic E-state index is 3.53. The molecule has 1 aromatic carbocycles. The maximum absolute atomic E-state index is 3.53. The van der Waals surface area contributed by atoms with Crippen molar-refractivity contribution in [2.75, 3.05) is 6.54 Å². The van der Waals surface area contributed by atoms with E-state index in [4.69, 9.17) is 0 Å². The van der Waals surface area contributed by atoms with Gasteiger partial charge in [-0.1, -0.05) is 41.9 Å². The monoisotopic (exact) mass is 267 g/mol. The van der Waals surface area contributed by atoms with Gasteiger partial charge in [0, 0.05) is 10.5 Å². The van der Waals surface area contributed by atoms with Gasteiger partial charge in [-0.15, -0.1) is 0 Å². The fourth-order valence-corrected chi connectivity index (χ4v) is 2.91. The highest BCUT2D eigenvalue weighted by Crippen LogP contribution is 2.42. The Kier molecular flexibility index (Phi) is 3.47. The van der Waals surface area contributed by atoms with Crippen molar-refractivity contribution in [2.24, 2.45) is 5.92 Å². The van der Waals surface area contributed by atoms with Crippen LogP contribution in [0.25, 0.3) is 0 Å². The normalized spacial score (nSPS) is 29.9. The first kappa shape index (κ1) is 11.2. The topological polar surface area (TPSA) is 12.0 Å². The largest absolute Gasteiger partial charge is 0.314 e. The first-order valence-electron chi connectivity index (χ1n) is 5.71. The van der Waals surface area contributed by atoms with Gasteiger partial charge in [0.25, 0.3) is 0 Å². The molecule has 2 rings (SSSR count). The van der Waals surface area contributed by atoms with E-state index >= 15 is 0 Å². The van der Waals surface area contributed by atoms with Crippen LogP contribution in [0.2, 0.25) is 0 Å². The van der Waals surface area contributed by atoms with Gasteiger partial charge in [0.1, 0.15) is 0 Å². The van der Waals surface area contributed by atoms with Crippen LogP contribution in [0.1, 0.15) is 31.7 Å². The molecular formula is C13H18BrN. The lowest BCUT2D eigenvalue weighted by Crippen LogP contribution is -2.47. The average Bonchev–Trinajstić information content (AvgIpc) is 2.23. The number of rotatable bonds is 3. The molecule has 82 valence electrons. The molecule has 1 saturated carbocycles. The van der Waals surface area contributed by atoms with E-state index in [2.05, 4.69) is 59.4 Å². The lowest BCUT2D eigenvalue weighted by atomic mass is 9.67. The molecule has 0 radical (unpaired) electrons. The third-order valence-corrected chi connectivity index (χ3v) is 4.01. The van der Waals surface area contributed by atoms with Gasteiger partial charge in [-0.3, -0.25) is 0 Å². The summed E-state index contributed by atoms with van der Waals surface area (Å²) >= 11 is 3.53. The highest BCUT2D eigenvalue weighted by molar-refractivity contribution is 9.10. The second kappa shape index (κ2) is 4.67. The summed E-state index contributed by atoms with van der Waals surface area (Å²) in [7, 11) is 0. The van der Waals surface area contributed by atoms with Gasteiger partial charge < -0.3 is 5.32 Å². The van der Waals surface area contributed by atoms with Crippen LogP contribution >= 0.6 is 15.9 Å². The number of halogens is 1. The van der Waals surface area contributed by atoms with Crippen LogP contribution in [-0.2, 0) is 0 Å². The summed E-state index contributed by atoms with van der Waals surface area (Å²) in [6.45, 7) is 5.61. The highest BCUT2D eigenvalue weighted by atomic mass is 79.9. The van der Waals surface area contributed by atoms with Crippen molar-refractivity contribution in [1.82, 2.24) is 5.32 Å². The van der Waals surface area contributed by atoms with Crippen LogP contribution in [0, 0.1) is 5.92 Å². The Morgan fingerprint density at radius 3 is 2.87 bits per heavy atom. The van der Waals surface area contributed by atoms with Gasteiger partial charge in [-0.2, -0.15) is 0 Å². The summed E-state index contributed by atoms with van der Waals surface area (Å²) in [5.41, 5.74) is 1.48. The molecule has 2 heteroatoms. The SMILES string of the molecule is CCNC1CC(c2cccc(Br)c2)C1C. The molecule has 3 atom stereocenters. The summed E-state index contributed by atoms with van der Waals surface area (Å²) < 4.78 is 1.19. The molecule has 0 amide bonds. The number of hydrogen-bond acceptors (Lipinski definition) is 1. The van der Waals surface area contributed by atoms with Gasteiger partial charge in [0.2, 0.25) is 0 Å². The minimum atomic E-state index is 0.721. The first-order valence-corrected chi connectivity index (χ1v) is 6.50. The molecular weight excluding hydrogens is 250 g/mol. The predicted octanol–water partition coefficient (Wildman–Crippen LogP) is 3.55. The number of nitrogens with one attached hydrogen (secondary N) is 1. The minimum absolute atomic E-state index is 0.721. The Bertz CT molecular complexity index is 337. The van der Waals surface area contributed by atoms with Crippen molar-refractivity contribution >= 4 is 15.9 Å². The zero-order valence-corrected chi connectivity index (χ0v) is 10.9. The zero-order valence-electron chi connectivity index (χ0n) is 9.33. The Morgan fingerprint density at radius 1 is 1.47 bits per heavy atom. The standard InChI is InChI=1S/C13H18BrN/c1-3-15-13-8-12(9(13)2)10-5-4-6-11(14)7-10/h4-7,9,12-13,15H,3,8H2,1-2H3. The van der Waals surface area contributed by atoms with E-state index in [1.54, 1.807) is 0 Å². The Labute approximate surface area is 100 Å². The molecule has 0 bridgehead atoms. The summed E-state index contributed by atoms with van der Waals surface area (Å²) in [6, 6.07) is 9.44. The van der Waals surface area contributed by atoms with Gasteiger partial charge >= 0.3 is 0 Å². The molecule has 1 aliphatic carbocycles. The van der Waals surface area contributed by atoms with Crippen LogP contribution in [0.5, 0.6) is 0 Å². The molecule has 1 nitrogen and oxygen atoms in total. The Morgan fingerprint density at radius 2 is 2.27 bits per heavy atom. The second-order valence-corrected chi connectivity index (χ2v) is 5.34. The Balaban J connectivity index is 2.03. The molecule has 1 aromatic rings. The van der Waals surface area contributed by atoms with Crippen LogP contribution in [-0.4, -0.2) is 12.6 Å². The summed E-state index contributed by atoms with van der Waals surface area (Å²) in [5, 5.41) is 3.53. The molecule has 0 aromatic heterocycles. The van der Waals surface area contributed by atoms with Crippen LogP contribution < -0.4 is 5.32 Å². The van der Waals surface area contributed by atoms with Crippen molar-refractivity contribution in [3.05, 3.63) is 34.3 Å². The van der Waals surface area contributed by atoms with Gasteiger partial charge in [0.05, 0.1) is 0 Å². The molecule has 1 N–H and O–H groups in total. The predicted molar refractivity (Wildman–Crippen MR) is 68.1 cm³/mol. The van der Waals surface area contributed by atoms with E-state index < -0.39 is 0 Å². The Hall–Kier alpha value is -0.340. The first-order chi connectivity index (χ1) is 7.22. The summed E-state index contributed by atoms with van der Waals surface area (Å²) in [5.74, 6) is 1.51. The second-order valence-electron chi connectivity index (χ2n) is 4.42. The summed E-state index contributed by atoms with van der Waals surface area (Å²) in [4.78, 5) is 0. The van der Waals surface area contributed by atoms with Crippen molar-refractivity contribution < 1.29 is 0 Å². The van der Waals surface area contributed by atoms with Gasteiger partial charge in [-0.05, 0) is 42.5 Å². The molecule has 3 unspecified atom stereocenters. The van der Waals surface area contributed by atoms with Gasteiger partial charge in [0.15, 0.2) is 0 Å². The molecule has 0 spiro atoms. The smallest absolute Gasteiger partial charge is 0.0178 e. The maximum Gasteiger partial charge on any atom is 0.0178 e. The summed E-state index contributed by atoms with van der Waals surface area (Å²) in [6.07, 6.45) is 1.28. The molecule has 1 aliphatic rings. The van der Waals surface area contributed by atoms with Crippen molar-refractivity contribution in [2.45, 2.75) is 32.2 Å².